The fourth-order valence-electron chi connectivity index (χ4n) is 3.57. The van der Waals surface area contributed by atoms with Crippen molar-refractivity contribution in [2.45, 2.75) is 31.6 Å². The number of anilines is 1. The summed E-state index contributed by atoms with van der Waals surface area (Å²) in [5.41, 5.74) is 2.84. The van der Waals surface area contributed by atoms with E-state index in [-0.39, 0.29) is 17.8 Å². The van der Waals surface area contributed by atoms with Gasteiger partial charge in [-0.15, -0.1) is 11.3 Å². The van der Waals surface area contributed by atoms with Gasteiger partial charge in [-0.2, -0.15) is 0 Å². The van der Waals surface area contributed by atoms with Crippen LogP contribution in [0.15, 0.2) is 30.3 Å². The fourth-order valence-corrected chi connectivity index (χ4v) is 4.85. The first-order valence-electron chi connectivity index (χ1n) is 8.27. The monoisotopic (exact) mass is 341 g/mol. The lowest BCUT2D eigenvalue weighted by Gasteiger charge is -2.07. The third kappa shape index (κ3) is 2.63. The molecular formula is C19H19NO3S. The molecule has 0 bridgehead atoms. The second-order valence-corrected chi connectivity index (χ2v) is 7.51. The maximum absolute atomic E-state index is 12.6. The highest BCUT2D eigenvalue weighted by Gasteiger charge is 2.44. The minimum absolute atomic E-state index is 0.00478. The summed E-state index contributed by atoms with van der Waals surface area (Å²) in [6.45, 7) is 0. The quantitative estimate of drug-likeness (QED) is 0.862. The van der Waals surface area contributed by atoms with E-state index in [1.807, 2.05) is 18.2 Å². The summed E-state index contributed by atoms with van der Waals surface area (Å²) in [4.78, 5) is 25.9. The van der Waals surface area contributed by atoms with Crippen molar-refractivity contribution in [3.63, 3.8) is 0 Å². The minimum atomic E-state index is -0.347. The SMILES string of the molecule is COC(=O)c1c(NC(=O)[C@H]2C[C@H]2c2ccccc2)sc2c1CCC2. The Morgan fingerprint density at radius 2 is 2.00 bits per heavy atom. The van der Waals surface area contributed by atoms with E-state index >= 15 is 0 Å². The number of amides is 1. The van der Waals surface area contributed by atoms with Crippen LogP contribution in [0.25, 0.3) is 0 Å². The number of fused-ring (bicyclic) bond motifs is 1. The Morgan fingerprint density at radius 3 is 2.75 bits per heavy atom. The van der Waals surface area contributed by atoms with Crippen LogP contribution in [0.1, 0.15) is 45.1 Å². The number of aryl methyl sites for hydroxylation is 1. The van der Waals surface area contributed by atoms with E-state index in [4.69, 9.17) is 4.74 Å². The first-order valence-corrected chi connectivity index (χ1v) is 9.09. The summed E-state index contributed by atoms with van der Waals surface area (Å²) in [5.74, 6) is -0.0524. The molecular weight excluding hydrogens is 322 g/mol. The molecule has 0 saturated heterocycles. The van der Waals surface area contributed by atoms with Gasteiger partial charge in [-0.05, 0) is 42.7 Å². The van der Waals surface area contributed by atoms with Crippen LogP contribution in [-0.2, 0) is 22.4 Å². The van der Waals surface area contributed by atoms with E-state index in [1.165, 1.54) is 28.9 Å². The molecule has 4 rings (SSSR count). The molecule has 1 fully saturated rings. The molecule has 0 aliphatic heterocycles. The van der Waals surface area contributed by atoms with E-state index in [0.717, 1.165) is 31.2 Å². The second-order valence-electron chi connectivity index (χ2n) is 6.40. The maximum Gasteiger partial charge on any atom is 0.341 e. The first-order chi connectivity index (χ1) is 11.7. The number of carbonyl (C=O) groups is 2. The van der Waals surface area contributed by atoms with Crippen molar-refractivity contribution in [3.8, 4) is 0 Å². The molecule has 1 heterocycles. The molecule has 1 amide bonds. The van der Waals surface area contributed by atoms with Crippen LogP contribution in [0.2, 0.25) is 0 Å². The van der Waals surface area contributed by atoms with Crippen molar-refractivity contribution in [2.24, 2.45) is 5.92 Å². The van der Waals surface area contributed by atoms with Crippen molar-refractivity contribution in [2.75, 3.05) is 12.4 Å². The van der Waals surface area contributed by atoms with Crippen molar-refractivity contribution in [1.29, 1.82) is 0 Å². The molecule has 2 aromatic rings. The summed E-state index contributed by atoms with van der Waals surface area (Å²) in [7, 11) is 1.39. The van der Waals surface area contributed by atoms with Gasteiger partial charge in [0.15, 0.2) is 0 Å². The van der Waals surface area contributed by atoms with Crippen molar-refractivity contribution in [1.82, 2.24) is 0 Å². The third-order valence-electron chi connectivity index (χ3n) is 4.90. The zero-order valence-corrected chi connectivity index (χ0v) is 14.3. The zero-order valence-electron chi connectivity index (χ0n) is 13.5. The first kappa shape index (κ1) is 15.4. The molecule has 2 aliphatic carbocycles. The molecule has 1 aromatic carbocycles. The predicted molar refractivity (Wildman–Crippen MR) is 93.6 cm³/mol. The number of carbonyl (C=O) groups excluding carboxylic acids is 2. The van der Waals surface area contributed by atoms with E-state index in [0.29, 0.717) is 16.5 Å². The maximum atomic E-state index is 12.6. The number of methoxy groups -OCH3 is 1. The van der Waals surface area contributed by atoms with E-state index in [9.17, 15) is 9.59 Å². The number of nitrogens with one attached hydrogen (secondary N) is 1. The lowest BCUT2D eigenvalue weighted by Crippen LogP contribution is -2.16. The molecule has 1 saturated carbocycles. The van der Waals surface area contributed by atoms with Crippen LogP contribution < -0.4 is 5.32 Å². The molecule has 5 heteroatoms. The van der Waals surface area contributed by atoms with Crippen LogP contribution in [0.5, 0.6) is 0 Å². The zero-order chi connectivity index (χ0) is 16.7. The highest BCUT2D eigenvalue weighted by molar-refractivity contribution is 7.17. The molecule has 0 radical (unpaired) electrons. The smallest absolute Gasteiger partial charge is 0.341 e. The summed E-state index contributed by atoms with van der Waals surface area (Å²) in [5, 5.41) is 3.66. The molecule has 4 nitrogen and oxygen atoms in total. The number of ether oxygens (including phenoxy) is 1. The molecule has 2 aliphatic rings. The van der Waals surface area contributed by atoms with Gasteiger partial charge in [-0.1, -0.05) is 30.3 Å². The van der Waals surface area contributed by atoms with Gasteiger partial charge in [0.1, 0.15) is 5.00 Å². The third-order valence-corrected chi connectivity index (χ3v) is 6.11. The Balaban J connectivity index is 1.52. The van der Waals surface area contributed by atoms with Crippen LogP contribution >= 0.6 is 11.3 Å². The standard InChI is InChI=1S/C19H19NO3S/c1-23-19(22)16-12-8-5-9-15(12)24-18(16)20-17(21)14-10-13(14)11-6-3-2-4-7-11/h2-4,6-7,13-14H,5,8-10H2,1H3,(H,20,21)/t13-,14-/m0/s1. The van der Waals surface area contributed by atoms with E-state index in [1.54, 1.807) is 0 Å². The van der Waals surface area contributed by atoms with Gasteiger partial charge in [-0.25, -0.2) is 4.79 Å². The minimum Gasteiger partial charge on any atom is -0.465 e. The highest BCUT2D eigenvalue weighted by Crippen LogP contribution is 2.48. The Kier molecular flexibility index (Phi) is 3.88. The molecule has 1 N–H and O–H groups in total. The van der Waals surface area contributed by atoms with Gasteiger partial charge in [0.2, 0.25) is 5.91 Å². The number of benzene rings is 1. The van der Waals surface area contributed by atoms with Crippen LogP contribution in [0, 0.1) is 5.92 Å². The van der Waals surface area contributed by atoms with Crippen LogP contribution in [-0.4, -0.2) is 19.0 Å². The Labute approximate surface area is 144 Å². The Bertz CT molecular complexity index is 796. The molecule has 0 unspecified atom stereocenters. The lowest BCUT2D eigenvalue weighted by atomic mass is 10.1. The van der Waals surface area contributed by atoms with Gasteiger partial charge in [-0.3, -0.25) is 4.79 Å². The van der Waals surface area contributed by atoms with E-state index in [2.05, 4.69) is 17.4 Å². The van der Waals surface area contributed by atoms with Crippen molar-refractivity contribution < 1.29 is 14.3 Å². The number of thiophene rings is 1. The van der Waals surface area contributed by atoms with Gasteiger partial charge < -0.3 is 10.1 Å². The van der Waals surface area contributed by atoms with Gasteiger partial charge in [0.25, 0.3) is 0 Å². The number of esters is 1. The van der Waals surface area contributed by atoms with Gasteiger partial charge in [0.05, 0.1) is 12.7 Å². The predicted octanol–water partition coefficient (Wildman–Crippen LogP) is 3.77. The molecule has 24 heavy (non-hydrogen) atoms. The van der Waals surface area contributed by atoms with Crippen molar-refractivity contribution in [3.05, 3.63) is 51.9 Å². The molecule has 0 spiro atoms. The molecule has 2 atom stereocenters. The Morgan fingerprint density at radius 1 is 1.21 bits per heavy atom. The van der Waals surface area contributed by atoms with Gasteiger partial charge in [0, 0.05) is 10.8 Å². The highest BCUT2D eigenvalue weighted by atomic mass is 32.1. The average molecular weight is 341 g/mol. The second kappa shape index (κ2) is 6.06. The van der Waals surface area contributed by atoms with E-state index < -0.39 is 0 Å². The number of rotatable bonds is 4. The normalized spacial score (nSPS) is 21.2. The number of hydrogen-bond acceptors (Lipinski definition) is 4. The summed E-state index contributed by atoms with van der Waals surface area (Å²) in [6, 6.07) is 10.1. The summed E-state index contributed by atoms with van der Waals surface area (Å²) in [6.07, 6.45) is 3.81. The van der Waals surface area contributed by atoms with Crippen LogP contribution in [0.3, 0.4) is 0 Å². The molecule has 124 valence electrons. The molecule has 1 aromatic heterocycles. The van der Waals surface area contributed by atoms with Gasteiger partial charge >= 0.3 is 5.97 Å². The summed E-state index contributed by atoms with van der Waals surface area (Å²) >= 11 is 1.53. The number of hydrogen-bond donors (Lipinski definition) is 1. The summed E-state index contributed by atoms with van der Waals surface area (Å²) < 4.78 is 4.93. The topological polar surface area (TPSA) is 55.4 Å². The van der Waals surface area contributed by atoms with Crippen LogP contribution in [0.4, 0.5) is 5.00 Å². The fraction of sp³-hybridized carbons (Fsp3) is 0.368. The largest absolute Gasteiger partial charge is 0.465 e. The Hall–Kier alpha value is -2.14. The average Bonchev–Trinajstić information content (AvgIpc) is 3.17. The van der Waals surface area contributed by atoms with Crippen molar-refractivity contribution >= 4 is 28.2 Å². The lowest BCUT2D eigenvalue weighted by molar-refractivity contribution is -0.117.